The van der Waals surface area contributed by atoms with E-state index in [0.717, 1.165) is 12.1 Å². The van der Waals surface area contributed by atoms with Crippen LogP contribution in [0.1, 0.15) is 34.3 Å². The number of hydrogen-bond acceptors (Lipinski definition) is 3. The molecule has 0 spiro atoms. The molecule has 5 rings (SSSR count). The molecule has 2 aliphatic rings. The molecule has 3 aromatic carbocycles. The summed E-state index contributed by atoms with van der Waals surface area (Å²) in [6.45, 7) is 3.08. The Hall–Kier alpha value is -2.52. The molecule has 0 saturated heterocycles. The second kappa shape index (κ2) is 6.58. The van der Waals surface area contributed by atoms with Crippen molar-refractivity contribution in [3.8, 4) is 0 Å². The monoisotopic (exact) mass is 371 g/mol. The molecule has 27 heavy (non-hydrogen) atoms. The molecule has 1 aliphatic carbocycles. The maximum absolute atomic E-state index is 13.5. The molecule has 0 saturated carbocycles. The van der Waals surface area contributed by atoms with Gasteiger partial charge in [0.1, 0.15) is 0 Å². The van der Waals surface area contributed by atoms with Crippen LogP contribution in [0.15, 0.2) is 83.8 Å². The van der Waals surface area contributed by atoms with Crippen molar-refractivity contribution in [1.82, 2.24) is 0 Å². The highest BCUT2D eigenvalue weighted by Gasteiger charge is 2.48. The molecule has 134 valence electrons. The van der Waals surface area contributed by atoms with Crippen LogP contribution in [0.2, 0.25) is 0 Å². The standard InChI is InChI=1S/C24H21NOS/c1-2-25-19-14-8-9-15-20(19)27-24(25)22-21(16-10-4-3-5-11-16)17-12-6-7-13-18(17)23(22)26/h3-15,21-22,24H,2H2,1H3. The average molecular weight is 372 g/mol. The van der Waals surface area contributed by atoms with Gasteiger partial charge in [-0.1, -0.05) is 78.5 Å². The Morgan fingerprint density at radius 2 is 1.59 bits per heavy atom. The number of rotatable bonds is 3. The predicted molar refractivity (Wildman–Crippen MR) is 112 cm³/mol. The first-order valence-electron chi connectivity index (χ1n) is 9.50. The highest BCUT2D eigenvalue weighted by atomic mass is 32.2. The van der Waals surface area contributed by atoms with Gasteiger partial charge in [-0.15, -0.1) is 0 Å². The molecule has 0 bridgehead atoms. The smallest absolute Gasteiger partial charge is 0.170 e. The zero-order valence-corrected chi connectivity index (χ0v) is 16.0. The van der Waals surface area contributed by atoms with Crippen molar-refractivity contribution in [3.05, 3.63) is 95.6 Å². The van der Waals surface area contributed by atoms with Crippen LogP contribution in [0.3, 0.4) is 0 Å². The van der Waals surface area contributed by atoms with Crippen molar-refractivity contribution in [1.29, 1.82) is 0 Å². The predicted octanol–water partition coefficient (Wildman–Crippen LogP) is 5.59. The number of carbonyl (C=O) groups is 1. The molecule has 3 heteroatoms. The third-order valence-electron chi connectivity index (χ3n) is 5.76. The molecule has 0 N–H and O–H groups in total. The van der Waals surface area contributed by atoms with E-state index in [1.165, 1.54) is 21.7 Å². The Bertz CT molecular complexity index is 1000. The Kier molecular flexibility index (Phi) is 4.05. The normalized spacial score (nSPS) is 23.4. The molecule has 1 heterocycles. The fraction of sp³-hybridized carbons (Fsp3) is 0.208. The first kappa shape index (κ1) is 16.6. The third-order valence-corrected chi connectivity index (χ3v) is 7.15. The maximum atomic E-state index is 13.5. The molecular formula is C24H21NOS. The van der Waals surface area contributed by atoms with Gasteiger partial charge in [-0.25, -0.2) is 0 Å². The number of para-hydroxylation sites is 1. The SMILES string of the molecule is CCN1c2ccccc2SC1C1C(=O)c2ccccc2C1c1ccccc1. The number of benzene rings is 3. The van der Waals surface area contributed by atoms with Gasteiger partial charge in [0.05, 0.1) is 17.0 Å². The topological polar surface area (TPSA) is 20.3 Å². The van der Waals surface area contributed by atoms with Crippen molar-refractivity contribution >= 4 is 23.2 Å². The molecule has 0 amide bonds. The number of anilines is 1. The van der Waals surface area contributed by atoms with E-state index in [1.807, 2.05) is 30.0 Å². The molecule has 0 fully saturated rings. The summed E-state index contributed by atoms with van der Waals surface area (Å²) < 4.78 is 0. The molecule has 3 atom stereocenters. The van der Waals surface area contributed by atoms with Gasteiger partial charge in [-0.2, -0.15) is 0 Å². The van der Waals surface area contributed by atoms with Crippen LogP contribution in [0.25, 0.3) is 0 Å². The van der Waals surface area contributed by atoms with Crippen LogP contribution in [-0.4, -0.2) is 17.7 Å². The summed E-state index contributed by atoms with van der Waals surface area (Å²) in [7, 11) is 0. The summed E-state index contributed by atoms with van der Waals surface area (Å²) in [4.78, 5) is 17.2. The average Bonchev–Trinajstić information content (AvgIpc) is 3.23. The Labute approximate surface area is 164 Å². The summed E-state index contributed by atoms with van der Waals surface area (Å²) in [5.74, 6) is 0.307. The number of ketones is 1. The zero-order chi connectivity index (χ0) is 18.4. The summed E-state index contributed by atoms with van der Waals surface area (Å²) >= 11 is 1.84. The Balaban J connectivity index is 1.64. The van der Waals surface area contributed by atoms with Crippen LogP contribution >= 0.6 is 11.8 Å². The van der Waals surface area contributed by atoms with Crippen LogP contribution in [0.4, 0.5) is 5.69 Å². The minimum atomic E-state index is -0.0813. The van der Waals surface area contributed by atoms with E-state index in [4.69, 9.17) is 0 Å². The van der Waals surface area contributed by atoms with E-state index in [0.29, 0.717) is 0 Å². The van der Waals surface area contributed by atoms with E-state index < -0.39 is 0 Å². The summed E-state index contributed by atoms with van der Waals surface area (Å²) in [5.41, 5.74) is 4.55. The van der Waals surface area contributed by atoms with Gasteiger partial charge in [0.15, 0.2) is 5.78 Å². The number of nitrogens with zero attached hydrogens (tertiary/aromatic N) is 1. The first-order valence-corrected chi connectivity index (χ1v) is 10.4. The number of Topliss-reactive ketones (excluding diaryl/α,β-unsaturated/α-hetero) is 1. The second-order valence-electron chi connectivity index (χ2n) is 7.13. The molecule has 2 nitrogen and oxygen atoms in total. The van der Waals surface area contributed by atoms with E-state index in [-0.39, 0.29) is 23.0 Å². The van der Waals surface area contributed by atoms with Gasteiger partial charge in [0.2, 0.25) is 0 Å². The van der Waals surface area contributed by atoms with Gasteiger partial charge in [-0.3, -0.25) is 4.79 Å². The minimum absolute atomic E-state index is 0.0813. The van der Waals surface area contributed by atoms with E-state index in [9.17, 15) is 4.79 Å². The van der Waals surface area contributed by atoms with E-state index in [2.05, 4.69) is 72.5 Å². The lowest BCUT2D eigenvalue weighted by atomic mass is 9.85. The van der Waals surface area contributed by atoms with Crippen LogP contribution in [0, 0.1) is 5.92 Å². The lowest BCUT2D eigenvalue weighted by Gasteiger charge is -2.32. The number of carbonyl (C=O) groups excluding carboxylic acids is 1. The molecular weight excluding hydrogens is 350 g/mol. The number of hydrogen-bond donors (Lipinski definition) is 0. The molecule has 0 radical (unpaired) electrons. The minimum Gasteiger partial charge on any atom is -0.358 e. The van der Waals surface area contributed by atoms with Crippen LogP contribution in [0.5, 0.6) is 0 Å². The molecule has 0 aromatic heterocycles. The first-order chi connectivity index (χ1) is 13.3. The second-order valence-corrected chi connectivity index (χ2v) is 8.29. The Morgan fingerprint density at radius 3 is 2.41 bits per heavy atom. The third kappa shape index (κ3) is 2.53. The van der Waals surface area contributed by atoms with Gasteiger partial charge in [0, 0.05) is 22.9 Å². The van der Waals surface area contributed by atoms with Crippen molar-refractivity contribution in [2.75, 3.05) is 11.4 Å². The largest absolute Gasteiger partial charge is 0.358 e. The maximum Gasteiger partial charge on any atom is 0.170 e. The number of thioether (sulfide) groups is 1. The highest BCUT2D eigenvalue weighted by molar-refractivity contribution is 8.00. The van der Waals surface area contributed by atoms with Crippen molar-refractivity contribution in [3.63, 3.8) is 0 Å². The summed E-state index contributed by atoms with van der Waals surface area (Å²) in [6, 6.07) is 27.2. The lowest BCUT2D eigenvalue weighted by Crippen LogP contribution is -2.39. The van der Waals surface area contributed by atoms with Gasteiger partial charge >= 0.3 is 0 Å². The fourth-order valence-corrected chi connectivity index (χ4v) is 6.14. The van der Waals surface area contributed by atoms with Gasteiger partial charge < -0.3 is 4.90 Å². The lowest BCUT2D eigenvalue weighted by molar-refractivity contribution is 0.0926. The molecule has 1 aliphatic heterocycles. The van der Waals surface area contributed by atoms with Gasteiger partial charge in [-0.05, 0) is 30.2 Å². The van der Waals surface area contributed by atoms with Crippen molar-refractivity contribution < 1.29 is 4.79 Å². The van der Waals surface area contributed by atoms with Crippen LogP contribution in [-0.2, 0) is 0 Å². The Morgan fingerprint density at radius 1 is 0.889 bits per heavy atom. The van der Waals surface area contributed by atoms with E-state index >= 15 is 0 Å². The fourth-order valence-electron chi connectivity index (χ4n) is 4.60. The number of fused-ring (bicyclic) bond motifs is 2. The van der Waals surface area contributed by atoms with Gasteiger partial charge in [0.25, 0.3) is 0 Å². The molecule has 3 aromatic rings. The molecule has 3 unspecified atom stereocenters. The highest BCUT2D eigenvalue weighted by Crippen LogP contribution is 2.53. The quantitative estimate of drug-likeness (QED) is 0.599. The summed E-state index contributed by atoms with van der Waals surface area (Å²) in [5, 5.41) is 0.123. The zero-order valence-electron chi connectivity index (χ0n) is 15.2. The van der Waals surface area contributed by atoms with Crippen LogP contribution < -0.4 is 4.90 Å². The van der Waals surface area contributed by atoms with E-state index in [1.54, 1.807) is 0 Å². The van der Waals surface area contributed by atoms with Crippen molar-refractivity contribution in [2.24, 2.45) is 5.92 Å². The van der Waals surface area contributed by atoms with Crippen molar-refractivity contribution in [2.45, 2.75) is 23.1 Å². The summed E-state index contributed by atoms with van der Waals surface area (Å²) in [6.07, 6.45) is 0.